The summed E-state index contributed by atoms with van der Waals surface area (Å²) < 4.78 is 0. The van der Waals surface area contributed by atoms with E-state index in [9.17, 15) is 9.59 Å². The van der Waals surface area contributed by atoms with Crippen LogP contribution in [-0.4, -0.2) is 43.4 Å². The summed E-state index contributed by atoms with van der Waals surface area (Å²) in [4.78, 5) is 24.4. The van der Waals surface area contributed by atoms with Crippen molar-refractivity contribution in [2.45, 2.75) is 19.4 Å². The van der Waals surface area contributed by atoms with Crippen LogP contribution in [0.15, 0.2) is 12.7 Å². The second-order valence-corrected chi connectivity index (χ2v) is 3.86. The fourth-order valence-electron chi connectivity index (χ4n) is 1.39. The molecule has 0 saturated heterocycles. The third-order valence-corrected chi connectivity index (χ3v) is 2.36. The van der Waals surface area contributed by atoms with Gasteiger partial charge in [0.25, 0.3) is 0 Å². The molecule has 0 aliphatic heterocycles. The predicted molar refractivity (Wildman–Crippen MR) is 63.7 cm³/mol. The lowest BCUT2D eigenvalue weighted by molar-refractivity contribution is -0.133. The minimum absolute atomic E-state index is 0.0862. The molecule has 0 rings (SSSR count). The topological polar surface area (TPSA) is 75.4 Å². The Bertz CT molecular complexity index is 266. The second-order valence-electron chi connectivity index (χ2n) is 3.86. The maximum atomic E-state index is 11.7. The first-order chi connectivity index (χ1) is 7.43. The molecule has 0 spiro atoms. The van der Waals surface area contributed by atoms with Crippen molar-refractivity contribution in [3.05, 3.63) is 12.7 Å². The van der Waals surface area contributed by atoms with Crippen molar-refractivity contribution in [3.63, 3.8) is 0 Å². The van der Waals surface area contributed by atoms with Crippen LogP contribution in [0.25, 0.3) is 0 Å². The Morgan fingerprint density at radius 3 is 2.56 bits per heavy atom. The molecule has 16 heavy (non-hydrogen) atoms. The molecular formula is C11H21N3O2. The summed E-state index contributed by atoms with van der Waals surface area (Å²) in [6.45, 7) is 5.66. The molecule has 5 nitrogen and oxygen atoms in total. The van der Waals surface area contributed by atoms with Crippen LogP contribution in [0.3, 0.4) is 0 Å². The SMILES string of the molecule is C=CCC(N)C(=O)N(C)CC(C)C(=O)NC. The van der Waals surface area contributed by atoms with E-state index in [1.54, 1.807) is 27.1 Å². The van der Waals surface area contributed by atoms with Gasteiger partial charge in [-0.1, -0.05) is 13.0 Å². The van der Waals surface area contributed by atoms with Gasteiger partial charge in [0, 0.05) is 20.6 Å². The highest BCUT2D eigenvalue weighted by Crippen LogP contribution is 2.01. The van der Waals surface area contributed by atoms with Crippen molar-refractivity contribution in [2.24, 2.45) is 11.7 Å². The predicted octanol–water partition coefficient (Wildman–Crippen LogP) is -0.270. The number of amides is 2. The largest absolute Gasteiger partial charge is 0.359 e. The number of nitrogens with zero attached hydrogens (tertiary/aromatic N) is 1. The quantitative estimate of drug-likeness (QED) is 0.613. The van der Waals surface area contributed by atoms with E-state index in [2.05, 4.69) is 11.9 Å². The summed E-state index contributed by atoms with van der Waals surface area (Å²) >= 11 is 0. The van der Waals surface area contributed by atoms with Gasteiger partial charge in [-0.15, -0.1) is 6.58 Å². The van der Waals surface area contributed by atoms with Gasteiger partial charge in [-0.25, -0.2) is 0 Å². The molecular weight excluding hydrogens is 206 g/mol. The number of carbonyl (C=O) groups is 2. The molecule has 2 amide bonds. The van der Waals surface area contributed by atoms with Crippen LogP contribution >= 0.6 is 0 Å². The van der Waals surface area contributed by atoms with E-state index in [1.807, 2.05) is 0 Å². The first-order valence-electron chi connectivity index (χ1n) is 5.27. The van der Waals surface area contributed by atoms with Crippen LogP contribution in [0.2, 0.25) is 0 Å². The highest BCUT2D eigenvalue weighted by atomic mass is 16.2. The fourth-order valence-corrected chi connectivity index (χ4v) is 1.39. The van der Waals surface area contributed by atoms with E-state index >= 15 is 0 Å². The van der Waals surface area contributed by atoms with Gasteiger partial charge >= 0.3 is 0 Å². The monoisotopic (exact) mass is 227 g/mol. The summed E-state index contributed by atoms with van der Waals surface area (Å²) in [6, 6.07) is -0.570. The highest BCUT2D eigenvalue weighted by Gasteiger charge is 2.20. The lowest BCUT2D eigenvalue weighted by Crippen LogP contribution is -2.45. The van der Waals surface area contributed by atoms with Gasteiger partial charge in [0.1, 0.15) is 0 Å². The third kappa shape index (κ3) is 4.44. The molecule has 0 radical (unpaired) electrons. The number of nitrogens with two attached hydrogens (primary N) is 1. The minimum atomic E-state index is -0.570. The van der Waals surface area contributed by atoms with E-state index in [4.69, 9.17) is 5.73 Å². The highest BCUT2D eigenvalue weighted by molar-refractivity contribution is 5.83. The van der Waals surface area contributed by atoms with E-state index < -0.39 is 6.04 Å². The van der Waals surface area contributed by atoms with Gasteiger partial charge in [-0.2, -0.15) is 0 Å². The maximum Gasteiger partial charge on any atom is 0.239 e. The van der Waals surface area contributed by atoms with Gasteiger partial charge in [0.15, 0.2) is 0 Å². The van der Waals surface area contributed by atoms with Gasteiger partial charge in [0.05, 0.1) is 12.0 Å². The van der Waals surface area contributed by atoms with E-state index in [0.29, 0.717) is 13.0 Å². The number of nitrogens with one attached hydrogen (secondary N) is 1. The minimum Gasteiger partial charge on any atom is -0.359 e. The smallest absolute Gasteiger partial charge is 0.239 e. The molecule has 2 unspecified atom stereocenters. The van der Waals surface area contributed by atoms with Crippen molar-refractivity contribution in [1.29, 1.82) is 0 Å². The molecule has 92 valence electrons. The number of hydrogen-bond acceptors (Lipinski definition) is 3. The Morgan fingerprint density at radius 1 is 1.56 bits per heavy atom. The molecule has 2 atom stereocenters. The normalized spacial score (nSPS) is 13.8. The van der Waals surface area contributed by atoms with Gasteiger partial charge in [0.2, 0.25) is 11.8 Å². The van der Waals surface area contributed by atoms with Crippen LogP contribution in [0.4, 0.5) is 0 Å². The Labute approximate surface area is 96.7 Å². The van der Waals surface area contributed by atoms with Crippen molar-refractivity contribution in [3.8, 4) is 0 Å². The number of likely N-dealkylation sites (N-methyl/N-ethyl adjacent to an activating group) is 1. The molecule has 3 N–H and O–H groups in total. The first kappa shape index (κ1) is 14.6. The van der Waals surface area contributed by atoms with Crippen molar-refractivity contribution in [2.75, 3.05) is 20.6 Å². The Morgan fingerprint density at radius 2 is 2.12 bits per heavy atom. The summed E-state index contributed by atoms with van der Waals surface area (Å²) in [5.74, 6) is -0.498. The zero-order valence-electron chi connectivity index (χ0n) is 10.2. The van der Waals surface area contributed by atoms with Gasteiger partial charge in [-0.05, 0) is 6.42 Å². The van der Waals surface area contributed by atoms with E-state index in [-0.39, 0.29) is 17.7 Å². The number of rotatable bonds is 6. The molecule has 0 bridgehead atoms. The van der Waals surface area contributed by atoms with Crippen LogP contribution < -0.4 is 11.1 Å². The molecule has 0 aromatic rings. The zero-order chi connectivity index (χ0) is 12.7. The molecule has 0 saturated carbocycles. The van der Waals surface area contributed by atoms with Crippen molar-refractivity contribution in [1.82, 2.24) is 10.2 Å². The lowest BCUT2D eigenvalue weighted by atomic mass is 10.1. The average molecular weight is 227 g/mol. The third-order valence-electron chi connectivity index (χ3n) is 2.36. The first-order valence-corrected chi connectivity index (χ1v) is 5.27. The second kappa shape index (κ2) is 7.00. The maximum absolute atomic E-state index is 11.7. The average Bonchev–Trinajstić information content (AvgIpc) is 2.26. The summed E-state index contributed by atoms with van der Waals surface area (Å²) in [7, 11) is 3.22. The standard InChI is InChI=1S/C11H21N3O2/c1-5-6-9(12)11(16)14(4)7-8(2)10(15)13-3/h5,8-9H,1,6-7,12H2,2-4H3,(H,13,15). The Kier molecular flexibility index (Phi) is 6.41. The molecule has 0 fully saturated rings. The molecule has 0 aliphatic carbocycles. The van der Waals surface area contributed by atoms with Crippen LogP contribution in [0, 0.1) is 5.92 Å². The lowest BCUT2D eigenvalue weighted by Gasteiger charge is -2.23. The molecule has 0 aromatic heterocycles. The fraction of sp³-hybridized carbons (Fsp3) is 0.636. The molecule has 0 heterocycles. The summed E-state index contributed by atoms with van der Waals surface area (Å²) in [5.41, 5.74) is 5.65. The summed E-state index contributed by atoms with van der Waals surface area (Å²) in [5, 5.41) is 2.54. The number of carbonyl (C=O) groups excluding carboxylic acids is 2. The Hall–Kier alpha value is -1.36. The van der Waals surface area contributed by atoms with E-state index in [0.717, 1.165) is 0 Å². The van der Waals surface area contributed by atoms with Crippen molar-refractivity contribution < 1.29 is 9.59 Å². The van der Waals surface area contributed by atoms with Crippen LogP contribution in [-0.2, 0) is 9.59 Å². The molecule has 5 heteroatoms. The van der Waals surface area contributed by atoms with E-state index in [1.165, 1.54) is 4.90 Å². The molecule has 0 aliphatic rings. The number of hydrogen-bond donors (Lipinski definition) is 2. The van der Waals surface area contributed by atoms with Gasteiger partial charge in [-0.3, -0.25) is 9.59 Å². The molecule has 0 aromatic carbocycles. The van der Waals surface area contributed by atoms with Crippen LogP contribution in [0.5, 0.6) is 0 Å². The Balaban J connectivity index is 4.24. The van der Waals surface area contributed by atoms with Crippen molar-refractivity contribution >= 4 is 11.8 Å². The van der Waals surface area contributed by atoms with Crippen LogP contribution in [0.1, 0.15) is 13.3 Å². The van der Waals surface area contributed by atoms with Gasteiger partial charge < -0.3 is 16.0 Å². The summed E-state index contributed by atoms with van der Waals surface area (Å²) in [6.07, 6.45) is 2.05. The zero-order valence-corrected chi connectivity index (χ0v) is 10.2.